The van der Waals surface area contributed by atoms with E-state index in [4.69, 9.17) is 15.2 Å². The van der Waals surface area contributed by atoms with E-state index in [0.29, 0.717) is 0 Å². The molecule has 1 aliphatic heterocycles. The summed E-state index contributed by atoms with van der Waals surface area (Å²) in [6.45, 7) is 3.07. The number of nitriles is 1. The second-order valence-electron chi connectivity index (χ2n) is 5.23. The molecule has 0 aromatic heterocycles. The van der Waals surface area contributed by atoms with Gasteiger partial charge in [0.05, 0.1) is 18.1 Å². The van der Waals surface area contributed by atoms with Gasteiger partial charge in [0.15, 0.2) is 0 Å². The lowest BCUT2D eigenvalue weighted by Crippen LogP contribution is -2.37. The van der Waals surface area contributed by atoms with Crippen molar-refractivity contribution in [2.45, 2.75) is 19.8 Å². The summed E-state index contributed by atoms with van der Waals surface area (Å²) in [5.74, 6) is -3.17. The summed E-state index contributed by atoms with van der Waals surface area (Å²) in [4.78, 5) is 12.4. The van der Waals surface area contributed by atoms with Crippen molar-refractivity contribution in [1.29, 1.82) is 5.26 Å². The normalized spacial score (nSPS) is 17.0. The number of carbonyl (C=O) groups is 1. The molecule has 0 fully saturated rings. The molecule has 0 spiro atoms. The van der Waals surface area contributed by atoms with Gasteiger partial charge in [-0.3, -0.25) is 0 Å². The van der Waals surface area contributed by atoms with Gasteiger partial charge < -0.3 is 25.3 Å². The molecule has 0 saturated heterocycles. The monoisotopic (exact) mass is 346 g/mol. The van der Waals surface area contributed by atoms with Crippen molar-refractivity contribution in [3.63, 3.8) is 0 Å². The standard InChI is InChI=1S/C16H16BFN2O5/c1-3-24-16(21)12-8(2)25-15(20)9(7-19)13(12)14-10(17(22)23)5-4-6-11(14)18/h4-6,13,22-23H,3,20H2,1-2H3. The largest absolute Gasteiger partial charge is 0.488 e. The fourth-order valence-electron chi connectivity index (χ4n) is 2.73. The smallest absolute Gasteiger partial charge is 0.463 e. The summed E-state index contributed by atoms with van der Waals surface area (Å²) >= 11 is 0. The van der Waals surface area contributed by atoms with Crippen LogP contribution in [0.2, 0.25) is 0 Å². The zero-order chi connectivity index (χ0) is 18.7. The Hall–Kier alpha value is -2.83. The van der Waals surface area contributed by atoms with E-state index in [-0.39, 0.29) is 40.4 Å². The summed E-state index contributed by atoms with van der Waals surface area (Å²) in [5, 5.41) is 28.6. The highest BCUT2D eigenvalue weighted by Crippen LogP contribution is 2.39. The average Bonchev–Trinajstić information content (AvgIpc) is 2.54. The van der Waals surface area contributed by atoms with Crippen molar-refractivity contribution in [3.8, 4) is 6.07 Å². The van der Waals surface area contributed by atoms with Gasteiger partial charge in [0, 0.05) is 5.56 Å². The van der Waals surface area contributed by atoms with E-state index in [9.17, 15) is 24.5 Å². The Labute approximate surface area is 143 Å². The molecule has 0 radical (unpaired) electrons. The number of halogens is 1. The van der Waals surface area contributed by atoms with Crippen LogP contribution in [0.5, 0.6) is 0 Å². The van der Waals surface area contributed by atoms with Gasteiger partial charge in [-0.25, -0.2) is 9.18 Å². The van der Waals surface area contributed by atoms with Gasteiger partial charge in [-0.2, -0.15) is 5.26 Å². The Morgan fingerprint density at radius 2 is 2.20 bits per heavy atom. The molecule has 0 amide bonds. The lowest BCUT2D eigenvalue weighted by atomic mass is 9.70. The molecule has 4 N–H and O–H groups in total. The molecule has 1 aliphatic rings. The second-order valence-corrected chi connectivity index (χ2v) is 5.23. The Kier molecular flexibility index (Phi) is 5.46. The van der Waals surface area contributed by atoms with Crippen LogP contribution in [-0.4, -0.2) is 29.7 Å². The van der Waals surface area contributed by atoms with Crippen molar-refractivity contribution in [2.75, 3.05) is 6.61 Å². The predicted molar refractivity (Wildman–Crippen MR) is 86.2 cm³/mol. The number of hydrogen-bond acceptors (Lipinski definition) is 7. The zero-order valence-electron chi connectivity index (χ0n) is 13.6. The van der Waals surface area contributed by atoms with Crippen LogP contribution in [0.25, 0.3) is 0 Å². The van der Waals surface area contributed by atoms with Gasteiger partial charge in [0.25, 0.3) is 0 Å². The lowest BCUT2D eigenvalue weighted by molar-refractivity contribution is -0.139. The van der Waals surface area contributed by atoms with Crippen LogP contribution < -0.4 is 11.2 Å². The molecule has 1 aromatic rings. The van der Waals surface area contributed by atoms with Gasteiger partial charge in [-0.05, 0) is 25.4 Å². The molecule has 0 bridgehead atoms. The van der Waals surface area contributed by atoms with Gasteiger partial charge in [0.1, 0.15) is 23.2 Å². The zero-order valence-corrected chi connectivity index (χ0v) is 13.6. The predicted octanol–water partition coefficient (Wildman–Crippen LogP) is 0.150. The van der Waals surface area contributed by atoms with Crippen molar-refractivity contribution in [1.82, 2.24) is 0 Å². The number of hydrogen-bond donors (Lipinski definition) is 3. The molecule has 0 aliphatic carbocycles. The van der Waals surface area contributed by atoms with E-state index in [1.807, 2.05) is 0 Å². The minimum Gasteiger partial charge on any atom is -0.463 e. The summed E-state index contributed by atoms with van der Waals surface area (Å²) in [7, 11) is -2.02. The third-order valence-electron chi connectivity index (χ3n) is 3.75. The first-order chi connectivity index (χ1) is 11.8. The third kappa shape index (κ3) is 3.35. The molecule has 9 heteroatoms. The van der Waals surface area contributed by atoms with Gasteiger partial charge >= 0.3 is 13.1 Å². The third-order valence-corrected chi connectivity index (χ3v) is 3.75. The number of benzene rings is 1. The molecule has 7 nitrogen and oxygen atoms in total. The van der Waals surface area contributed by atoms with Crippen LogP contribution in [0.3, 0.4) is 0 Å². The van der Waals surface area contributed by atoms with E-state index < -0.39 is 24.8 Å². The summed E-state index contributed by atoms with van der Waals surface area (Å²) in [6.07, 6.45) is 0. The summed E-state index contributed by atoms with van der Waals surface area (Å²) < 4.78 is 24.8. The Balaban J connectivity index is 2.79. The maximum absolute atomic E-state index is 14.6. The molecule has 1 unspecified atom stereocenters. The van der Waals surface area contributed by atoms with Crippen molar-refractivity contribution in [2.24, 2.45) is 5.73 Å². The highest BCUT2D eigenvalue weighted by molar-refractivity contribution is 6.59. The fourth-order valence-corrected chi connectivity index (χ4v) is 2.73. The molecule has 0 saturated carbocycles. The first-order valence-electron chi connectivity index (χ1n) is 7.43. The van der Waals surface area contributed by atoms with Crippen molar-refractivity contribution in [3.05, 3.63) is 52.4 Å². The first-order valence-corrected chi connectivity index (χ1v) is 7.43. The molecule has 2 rings (SSSR count). The average molecular weight is 346 g/mol. The molecule has 1 heterocycles. The number of ether oxygens (including phenoxy) is 2. The van der Waals surface area contributed by atoms with Crippen LogP contribution in [-0.2, 0) is 14.3 Å². The maximum atomic E-state index is 14.6. The molecule has 130 valence electrons. The van der Waals surface area contributed by atoms with Gasteiger partial charge in [-0.1, -0.05) is 12.1 Å². The topological polar surface area (TPSA) is 126 Å². The number of allylic oxidation sites excluding steroid dienone is 2. The number of carbonyl (C=O) groups excluding carboxylic acids is 1. The number of nitrogens with two attached hydrogens (primary N) is 1. The van der Waals surface area contributed by atoms with E-state index in [1.165, 1.54) is 19.1 Å². The SMILES string of the molecule is CCOC(=O)C1=C(C)OC(N)=C(C#N)C1c1c(F)cccc1B(O)O. The highest BCUT2D eigenvalue weighted by Gasteiger charge is 2.40. The maximum Gasteiger partial charge on any atom is 0.488 e. The Morgan fingerprint density at radius 1 is 1.52 bits per heavy atom. The van der Waals surface area contributed by atoms with Crippen LogP contribution in [0.15, 0.2) is 41.0 Å². The van der Waals surface area contributed by atoms with Crippen LogP contribution >= 0.6 is 0 Å². The summed E-state index contributed by atoms with van der Waals surface area (Å²) in [5.41, 5.74) is 4.93. The first kappa shape index (κ1) is 18.5. The number of esters is 1. The van der Waals surface area contributed by atoms with Gasteiger partial charge in [0.2, 0.25) is 5.88 Å². The number of nitrogens with zero attached hydrogens (tertiary/aromatic N) is 1. The second kappa shape index (κ2) is 7.38. The quantitative estimate of drug-likeness (QED) is 0.523. The highest BCUT2D eigenvalue weighted by atomic mass is 19.1. The van der Waals surface area contributed by atoms with Crippen molar-refractivity contribution >= 4 is 18.6 Å². The minimum absolute atomic E-state index is 0.0431. The summed E-state index contributed by atoms with van der Waals surface area (Å²) in [6, 6.07) is 5.45. The molecular weight excluding hydrogens is 330 g/mol. The van der Waals surface area contributed by atoms with E-state index in [0.717, 1.165) is 6.07 Å². The van der Waals surface area contributed by atoms with E-state index in [2.05, 4.69) is 0 Å². The van der Waals surface area contributed by atoms with E-state index >= 15 is 0 Å². The van der Waals surface area contributed by atoms with Crippen LogP contribution in [0, 0.1) is 17.1 Å². The van der Waals surface area contributed by atoms with Gasteiger partial charge in [-0.15, -0.1) is 0 Å². The van der Waals surface area contributed by atoms with Crippen LogP contribution in [0.1, 0.15) is 25.3 Å². The Morgan fingerprint density at radius 3 is 2.76 bits per heavy atom. The molecule has 1 atom stereocenters. The molecular formula is C16H16BFN2O5. The lowest BCUT2D eigenvalue weighted by Gasteiger charge is -2.28. The van der Waals surface area contributed by atoms with Crippen LogP contribution in [0.4, 0.5) is 4.39 Å². The molecule has 1 aromatic carbocycles. The Bertz CT molecular complexity index is 813. The van der Waals surface area contributed by atoms with Crippen molar-refractivity contribution < 1.29 is 28.7 Å². The fraction of sp³-hybridized carbons (Fsp3) is 0.250. The minimum atomic E-state index is -2.02. The number of rotatable bonds is 4. The van der Waals surface area contributed by atoms with E-state index in [1.54, 1.807) is 13.0 Å². The molecule has 25 heavy (non-hydrogen) atoms.